The highest BCUT2D eigenvalue weighted by Crippen LogP contribution is 2.23. The van der Waals surface area contributed by atoms with Crippen LogP contribution in [0.4, 0.5) is 4.39 Å². The first-order valence-electron chi connectivity index (χ1n) is 4.96. The number of halogens is 2. The Kier molecular flexibility index (Phi) is 3.38. The van der Waals surface area contributed by atoms with Crippen molar-refractivity contribution in [3.05, 3.63) is 34.1 Å². The van der Waals surface area contributed by atoms with Gasteiger partial charge in [0, 0.05) is 36.6 Å². The highest BCUT2D eigenvalue weighted by molar-refractivity contribution is 9.10. The van der Waals surface area contributed by atoms with Crippen LogP contribution in [0.2, 0.25) is 0 Å². The van der Waals surface area contributed by atoms with Crippen LogP contribution in [0, 0.1) is 11.7 Å². The van der Waals surface area contributed by atoms with E-state index in [0.29, 0.717) is 5.92 Å². The third-order valence-electron chi connectivity index (χ3n) is 2.70. The molecule has 4 heteroatoms. The molecule has 0 saturated carbocycles. The van der Waals surface area contributed by atoms with Crippen molar-refractivity contribution in [2.24, 2.45) is 5.92 Å². The van der Waals surface area contributed by atoms with Gasteiger partial charge >= 0.3 is 0 Å². The molecule has 2 nitrogen and oxygen atoms in total. The summed E-state index contributed by atoms with van der Waals surface area (Å²) in [4.78, 5) is 2.24. The van der Waals surface area contributed by atoms with E-state index in [4.69, 9.17) is 5.11 Å². The van der Waals surface area contributed by atoms with E-state index in [1.807, 2.05) is 0 Å². The zero-order valence-electron chi connectivity index (χ0n) is 8.29. The van der Waals surface area contributed by atoms with Crippen LogP contribution in [0.1, 0.15) is 5.56 Å². The Labute approximate surface area is 96.8 Å². The van der Waals surface area contributed by atoms with Gasteiger partial charge in [-0.05, 0) is 17.7 Å². The van der Waals surface area contributed by atoms with Crippen LogP contribution in [-0.4, -0.2) is 29.7 Å². The first kappa shape index (κ1) is 11.0. The lowest BCUT2D eigenvalue weighted by molar-refractivity contribution is 0.0477. The maximum atomic E-state index is 12.8. The predicted octanol–water partition coefficient (Wildman–Crippen LogP) is 2.01. The molecule has 0 spiro atoms. The van der Waals surface area contributed by atoms with Gasteiger partial charge in [0.1, 0.15) is 5.82 Å². The fourth-order valence-corrected chi connectivity index (χ4v) is 2.29. The number of rotatable bonds is 3. The molecular weight excluding hydrogens is 261 g/mol. The molecule has 0 aliphatic carbocycles. The van der Waals surface area contributed by atoms with Crippen LogP contribution < -0.4 is 0 Å². The summed E-state index contributed by atoms with van der Waals surface area (Å²) in [7, 11) is 0. The standard InChI is InChI=1S/C11H13BrFNO/c12-11-3-10(13)2-1-9(11)6-14-4-8(5-14)7-15/h1-3,8,15H,4-7H2. The molecule has 1 aromatic rings. The summed E-state index contributed by atoms with van der Waals surface area (Å²) in [5.41, 5.74) is 1.09. The predicted molar refractivity (Wildman–Crippen MR) is 60.0 cm³/mol. The van der Waals surface area contributed by atoms with E-state index in [2.05, 4.69) is 20.8 Å². The van der Waals surface area contributed by atoms with Gasteiger partial charge in [-0.2, -0.15) is 0 Å². The van der Waals surface area contributed by atoms with Crippen molar-refractivity contribution in [3.63, 3.8) is 0 Å². The second kappa shape index (κ2) is 4.60. The molecule has 1 saturated heterocycles. The summed E-state index contributed by atoms with van der Waals surface area (Å²) in [5.74, 6) is 0.201. The van der Waals surface area contributed by atoms with Gasteiger partial charge in [-0.25, -0.2) is 4.39 Å². The summed E-state index contributed by atoms with van der Waals surface area (Å²) in [6.07, 6.45) is 0. The molecule has 0 radical (unpaired) electrons. The summed E-state index contributed by atoms with van der Waals surface area (Å²) in [5, 5.41) is 8.88. The molecule has 1 aliphatic rings. The molecule has 0 unspecified atom stereocenters. The molecule has 15 heavy (non-hydrogen) atoms. The maximum absolute atomic E-state index is 12.8. The number of nitrogens with zero attached hydrogens (tertiary/aromatic N) is 1. The second-order valence-corrected chi connectivity index (χ2v) is 4.83. The zero-order valence-corrected chi connectivity index (χ0v) is 9.87. The molecule has 1 N–H and O–H groups in total. The molecular formula is C11H13BrFNO. The van der Waals surface area contributed by atoms with Crippen LogP contribution in [0.3, 0.4) is 0 Å². The molecule has 1 aliphatic heterocycles. The van der Waals surface area contributed by atoms with Crippen molar-refractivity contribution in [1.82, 2.24) is 4.90 Å². The number of hydrogen-bond donors (Lipinski definition) is 1. The van der Waals surface area contributed by atoms with Crippen molar-refractivity contribution < 1.29 is 9.50 Å². The average molecular weight is 274 g/mol. The van der Waals surface area contributed by atoms with Gasteiger partial charge in [0.15, 0.2) is 0 Å². The van der Waals surface area contributed by atoms with Gasteiger partial charge in [-0.3, -0.25) is 4.90 Å². The fraction of sp³-hybridized carbons (Fsp3) is 0.455. The molecule has 82 valence electrons. The molecule has 0 aromatic heterocycles. The van der Waals surface area contributed by atoms with Crippen LogP contribution in [0.25, 0.3) is 0 Å². The molecule has 1 heterocycles. The molecule has 0 bridgehead atoms. The van der Waals surface area contributed by atoms with Gasteiger partial charge in [-0.15, -0.1) is 0 Å². The molecule has 0 atom stereocenters. The largest absolute Gasteiger partial charge is 0.396 e. The van der Waals surface area contributed by atoms with E-state index in [1.165, 1.54) is 12.1 Å². The molecule has 1 fully saturated rings. The van der Waals surface area contributed by atoms with Crippen LogP contribution >= 0.6 is 15.9 Å². The minimum atomic E-state index is -0.220. The summed E-state index contributed by atoms with van der Waals surface area (Å²) in [6, 6.07) is 4.76. The summed E-state index contributed by atoms with van der Waals surface area (Å²) in [6.45, 7) is 2.94. The van der Waals surface area contributed by atoms with Crippen LogP contribution in [0.15, 0.2) is 22.7 Å². The smallest absolute Gasteiger partial charge is 0.124 e. The lowest BCUT2D eigenvalue weighted by Gasteiger charge is -2.38. The van der Waals surface area contributed by atoms with Crippen molar-refractivity contribution >= 4 is 15.9 Å². The third-order valence-corrected chi connectivity index (χ3v) is 3.44. The first-order valence-corrected chi connectivity index (χ1v) is 5.75. The Balaban J connectivity index is 1.94. The van der Waals surface area contributed by atoms with E-state index >= 15 is 0 Å². The zero-order chi connectivity index (χ0) is 10.8. The minimum Gasteiger partial charge on any atom is -0.396 e. The second-order valence-electron chi connectivity index (χ2n) is 3.98. The highest BCUT2D eigenvalue weighted by atomic mass is 79.9. The monoisotopic (exact) mass is 273 g/mol. The summed E-state index contributed by atoms with van der Waals surface area (Å²) >= 11 is 3.35. The van der Waals surface area contributed by atoms with E-state index in [9.17, 15) is 4.39 Å². The van der Waals surface area contributed by atoms with Crippen LogP contribution in [0.5, 0.6) is 0 Å². The minimum absolute atomic E-state index is 0.220. The Bertz CT molecular complexity index is 352. The quantitative estimate of drug-likeness (QED) is 0.911. The topological polar surface area (TPSA) is 23.5 Å². The normalized spacial score (nSPS) is 17.8. The Morgan fingerprint density at radius 1 is 1.47 bits per heavy atom. The number of likely N-dealkylation sites (tertiary alicyclic amines) is 1. The SMILES string of the molecule is OCC1CN(Cc2ccc(F)cc2Br)C1. The average Bonchev–Trinajstić information content (AvgIpc) is 2.13. The highest BCUT2D eigenvalue weighted by Gasteiger charge is 2.25. The van der Waals surface area contributed by atoms with Crippen molar-refractivity contribution in [1.29, 1.82) is 0 Å². The Morgan fingerprint density at radius 3 is 2.80 bits per heavy atom. The van der Waals surface area contributed by atoms with Gasteiger partial charge in [0.2, 0.25) is 0 Å². The third kappa shape index (κ3) is 2.56. The van der Waals surface area contributed by atoms with E-state index in [-0.39, 0.29) is 12.4 Å². The molecule has 2 rings (SSSR count). The van der Waals surface area contributed by atoms with Crippen molar-refractivity contribution in [3.8, 4) is 0 Å². The van der Waals surface area contributed by atoms with E-state index in [0.717, 1.165) is 29.7 Å². The van der Waals surface area contributed by atoms with Crippen molar-refractivity contribution in [2.75, 3.05) is 19.7 Å². The van der Waals surface area contributed by atoms with E-state index in [1.54, 1.807) is 6.07 Å². The fourth-order valence-electron chi connectivity index (χ4n) is 1.81. The Hall–Kier alpha value is -0.450. The number of aliphatic hydroxyl groups is 1. The number of aliphatic hydroxyl groups excluding tert-OH is 1. The van der Waals surface area contributed by atoms with Gasteiger partial charge < -0.3 is 5.11 Å². The van der Waals surface area contributed by atoms with Gasteiger partial charge in [-0.1, -0.05) is 22.0 Å². The molecule has 1 aromatic carbocycles. The lowest BCUT2D eigenvalue weighted by atomic mass is 10.0. The van der Waals surface area contributed by atoms with Gasteiger partial charge in [0.25, 0.3) is 0 Å². The maximum Gasteiger partial charge on any atom is 0.124 e. The lowest BCUT2D eigenvalue weighted by Crippen LogP contribution is -2.47. The summed E-state index contributed by atoms with van der Waals surface area (Å²) < 4.78 is 13.6. The van der Waals surface area contributed by atoms with Crippen molar-refractivity contribution in [2.45, 2.75) is 6.54 Å². The Morgan fingerprint density at radius 2 is 2.20 bits per heavy atom. The van der Waals surface area contributed by atoms with Crippen LogP contribution in [-0.2, 0) is 6.54 Å². The number of benzene rings is 1. The van der Waals surface area contributed by atoms with E-state index < -0.39 is 0 Å². The van der Waals surface area contributed by atoms with Gasteiger partial charge in [0.05, 0.1) is 0 Å². The first-order chi connectivity index (χ1) is 7.19. The number of hydrogen-bond acceptors (Lipinski definition) is 2. The molecule has 0 amide bonds.